The molecule has 1 atom stereocenters. The zero-order valence-electron chi connectivity index (χ0n) is 19.4. The molecule has 0 bridgehead atoms. The molecule has 1 N–H and O–H groups in total. The molecule has 190 valence electrons. The van der Waals surface area contributed by atoms with Crippen molar-refractivity contribution in [3.05, 3.63) is 65.0 Å². The van der Waals surface area contributed by atoms with Crippen LogP contribution in [0.1, 0.15) is 29.6 Å². The van der Waals surface area contributed by atoms with Gasteiger partial charge < -0.3 is 9.84 Å². The van der Waals surface area contributed by atoms with E-state index in [0.717, 1.165) is 54.4 Å². The third-order valence-corrected chi connectivity index (χ3v) is 6.47. The number of fused-ring (bicyclic) bond motifs is 1. The first kappa shape index (κ1) is 25.6. The van der Waals surface area contributed by atoms with Crippen LogP contribution < -0.4 is 4.74 Å². The zero-order valence-corrected chi connectivity index (χ0v) is 20.2. The quantitative estimate of drug-likeness (QED) is 0.402. The van der Waals surface area contributed by atoms with Crippen LogP contribution in [0.5, 0.6) is 5.75 Å². The number of carboxylic acid groups (broad SMARTS) is 1. The van der Waals surface area contributed by atoms with E-state index in [1.165, 1.54) is 11.4 Å². The number of aliphatic carboxylic acids is 1. The minimum absolute atomic E-state index is 0.365. The molecular formula is C24H24F3N5O3S. The molecule has 1 aromatic carbocycles. The highest BCUT2D eigenvalue weighted by molar-refractivity contribution is 7.09. The molecule has 1 aliphatic rings. The third-order valence-electron chi connectivity index (χ3n) is 5.71. The molecular weight excluding hydrogens is 495 g/mol. The second kappa shape index (κ2) is 11.0. The second-order valence-electron chi connectivity index (χ2n) is 8.23. The number of hydrogen-bond acceptors (Lipinski definition) is 7. The topological polar surface area (TPSA) is 92.9 Å². The van der Waals surface area contributed by atoms with Gasteiger partial charge in [-0.2, -0.15) is 18.3 Å². The van der Waals surface area contributed by atoms with E-state index in [9.17, 15) is 13.2 Å². The summed E-state index contributed by atoms with van der Waals surface area (Å²) in [6.45, 7) is 3.02. The van der Waals surface area contributed by atoms with Gasteiger partial charge in [0.1, 0.15) is 10.8 Å². The summed E-state index contributed by atoms with van der Waals surface area (Å²) in [5.41, 5.74) is 3.10. The lowest BCUT2D eigenvalue weighted by Gasteiger charge is -2.30. The number of alkyl halides is 3. The average Bonchev–Trinajstić information content (AvgIpc) is 3.53. The molecule has 0 amide bonds. The number of piperidine rings is 1. The maximum absolute atomic E-state index is 10.6. The molecule has 1 fully saturated rings. The van der Waals surface area contributed by atoms with E-state index in [1.807, 2.05) is 40.4 Å². The molecule has 3 aromatic heterocycles. The van der Waals surface area contributed by atoms with E-state index in [4.69, 9.17) is 24.7 Å². The van der Waals surface area contributed by atoms with Gasteiger partial charge in [-0.05, 0) is 49.2 Å². The van der Waals surface area contributed by atoms with Crippen LogP contribution in [-0.2, 0) is 11.3 Å². The van der Waals surface area contributed by atoms with Crippen molar-refractivity contribution in [2.45, 2.75) is 31.5 Å². The number of methoxy groups -OCH3 is 1. The van der Waals surface area contributed by atoms with Gasteiger partial charge in [0.05, 0.1) is 13.7 Å². The van der Waals surface area contributed by atoms with Gasteiger partial charge in [-0.25, -0.2) is 19.3 Å². The number of likely N-dealkylation sites (tertiary alicyclic amines) is 1. The summed E-state index contributed by atoms with van der Waals surface area (Å²) >= 11 is 1.72. The fourth-order valence-electron chi connectivity index (χ4n) is 3.98. The molecule has 0 spiro atoms. The number of halogens is 3. The Morgan fingerprint density at radius 3 is 2.75 bits per heavy atom. The molecule has 1 unspecified atom stereocenters. The van der Waals surface area contributed by atoms with Crippen LogP contribution in [0.25, 0.3) is 16.8 Å². The van der Waals surface area contributed by atoms with Crippen molar-refractivity contribution in [1.82, 2.24) is 24.5 Å². The molecule has 1 aliphatic heterocycles. The van der Waals surface area contributed by atoms with E-state index < -0.39 is 12.1 Å². The van der Waals surface area contributed by atoms with Gasteiger partial charge in [0.2, 0.25) is 0 Å². The van der Waals surface area contributed by atoms with Crippen LogP contribution in [0.4, 0.5) is 13.2 Å². The highest BCUT2D eigenvalue weighted by Gasteiger charge is 2.38. The summed E-state index contributed by atoms with van der Waals surface area (Å²) in [5.74, 6) is -0.600. The number of rotatable bonds is 5. The SMILES string of the molecule is COc1cccc(-c2ccc3nc(C4CCCN(Cc5nccs5)C4)nn3c2)c1.O=C(O)C(F)(F)F. The molecule has 0 aliphatic carbocycles. The Morgan fingerprint density at radius 1 is 1.25 bits per heavy atom. The molecule has 1 saturated heterocycles. The van der Waals surface area contributed by atoms with E-state index in [1.54, 1.807) is 18.4 Å². The van der Waals surface area contributed by atoms with Crippen molar-refractivity contribution >= 4 is 23.0 Å². The first-order chi connectivity index (χ1) is 17.2. The van der Waals surface area contributed by atoms with Crippen molar-refractivity contribution in [2.75, 3.05) is 20.2 Å². The fourth-order valence-corrected chi connectivity index (χ4v) is 4.64. The number of pyridine rings is 1. The van der Waals surface area contributed by atoms with Crippen molar-refractivity contribution < 1.29 is 27.8 Å². The molecule has 4 aromatic rings. The summed E-state index contributed by atoms with van der Waals surface area (Å²) in [7, 11) is 1.69. The summed E-state index contributed by atoms with van der Waals surface area (Å²) in [4.78, 5) is 20.6. The lowest BCUT2D eigenvalue weighted by molar-refractivity contribution is -0.192. The van der Waals surface area contributed by atoms with Gasteiger partial charge in [0.25, 0.3) is 0 Å². The van der Waals surface area contributed by atoms with Crippen LogP contribution in [0.2, 0.25) is 0 Å². The standard InChI is InChI=1S/C22H23N5OS.C2HF3O2/c1-28-19-6-2-4-16(12-19)17-7-8-20-24-22(25-27(20)14-17)18-5-3-10-26(13-18)15-21-23-9-11-29-21;3-2(4,5)1(6)7/h2,4,6-9,11-12,14,18H,3,5,10,13,15H2,1H3;(H,6,7). The monoisotopic (exact) mass is 519 g/mol. The Balaban J connectivity index is 0.000000384. The Morgan fingerprint density at radius 2 is 2.06 bits per heavy atom. The van der Waals surface area contributed by atoms with Crippen molar-refractivity contribution in [2.24, 2.45) is 0 Å². The van der Waals surface area contributed by atoms with Crippen LogP contribution >= 0.6 is 11.3 Å². The number of benzene rings is 1. The van der Waals surface area contributed by atoms with E-state index in [2.05, 4.69) is 28.2 Å². The van der Waals surface area contributed by atoms with Gasteiger partial charge in [0.15, 0.2) is 11.5 Å². The van der Waals surface area contributed by atoms with E-state index in [-0.39, 0.29) is 0 Å². The molecule has 4 heterocycles. The lowest BCUT2D eigenvalue weighted by atomic mass is 9.97. The Kier molecular flexibility index (Phi) is 7.85. The number of nitrogens with zero attached hydrogens (tertiary/aromatic N) is 5. The molecule has 0 saturated carbocycles. The summed E-state index contributed by atoms with van der Waals surface area (Å²) in [6, 6.07) is 12.2. The van der Waals surface area contributed by atoms with Crippen molar-refractivity contribution in [3.8, 4) is 16.9 Å². The second-order valence-corrected chi connectivity index (χ2v) is 9.20. The number of carbonyl (C=O) groups is 1. The Bertz CT molecular complexity index is 1310. The third kappa shape index (κ3) is 6.38. The van der Waals surface area contributed by atoms with Gasteiger partial charge in [-0.15, -0.1) is 11.3 Å². The number of carboxylic acids is 1. The molecule has 36 heavy (non-hydrogen) atoms. The largest absolute Gasteiger partial charge is 0.497 e. The number of thiazole rings is 1. The number of hydrogen-bond donors (Lipinski definition) is 1. The predicted molar refractivity (Wildman–Crippen MR) is 128 cm³/mol. The Labute approximate surface area is 209 Å². The average molecular weight is 520 g/mol. The highest BCUT2D eigenvalue weighted by atomic mass is 32.1. The van der Waals surface area contributed by atoms with Crippen molar-refractivity contribution in [3.63, 3.8) is 0 Å². The molecule has 0 radical (unpaired) electrons. The van der Waals surface area contributed by atoms with Gasteiger partial charge in [0, 0.05) is 35.8 Å². The lowest BCUT2D eigenvalue weighted by Crippen LogP contribution is -2.34. The fraction of sp³-hybridized carbons (Fsp3) is 0.333. The Hall–Kier alpha value is -3.51. The normalized spacial score (nSPS) is 16.4. The van der Waals surface area contributed by atoms with Crippen LogP contribution in [0.3, 0.4) is 0 Å². The van der Waals surface area contributed by atoms with E-state index in [0.29, 0.717) is 5.92 Å². The highest BCUT2D eigenvalue weighted by Crippen LogP contribution is 2.28. The van der Waals surface area contributed by atoms with Crippen LogP contribution in [0.15, 0.2) is 54.2 Å². The zero-order chi connectivity index (χ0) is 25.7. The van der Waals surface area contributed by atoms with Gasteiger partial charge in [-0.3, -0.25) is 4.90 Å². The van der Waals surface area contributed by atoms with Gasteiger partial charge in [-0.1, -0.05) is 12.1 Å². The maximum atomic E-state index is 10.6. The minimum atomic E-state index is -5.08. The summed E-state index contributed by atoms with van der Waals surface area (Å²) in [5, 5.41) is 15.2. The number of ether oxygens (including phenoxy) is 1. The molecule has 8 nitrogen and oxygen atoms in total. The first-order valence-corrected chi connectivity index (χ1v) is 12.0. The molecule has 5 rings (SSSR count). The summed E-state index contributed by atoms with van der Waals surface area (Å²) < 4.78 is 39.0. The summed E-state index contributed by atoms with van der Waals surface area (Å²) in [6.07, 6.45) is 1.15. The van der Waals surface area contributed by atoms with E-state index >= 15 is 0 Å². The van der Waals surface area contributed by atoms with Crippen LogP contribution in [0, 0.1) is 0 Å². The first-order valence-electron chi connectivity index (χ1n) is 11.1. The smallest absolute Gasteiger partial charge is 0.490 e. The predicted octanol–water partition coefficient (Wildman–Crippen LogP) is 4.87. The molecule has 12 heteroatoms. The van der Waals surface area contributed by atoms with Crippen LogP contribution in [-0.4, -0.2) is 61.9 Å². The van der Waals surface area contributed by atoms with Crippen molar-refractivity contribution in [1.29, 1.82) is 0 Å². The number of aromatic nitrogens is 4. The van der Waals surface area contributed by atoms with Gasteiger partial charge >= 0.3 is 12.1 Å². The minimum Gasteiger partial charge on any atom is -0.497 e. The maximum Gasteiger partial charge on any atom is 0.490 e.